The lowest BCUT2D eigenvalue weighted by Crippen LogP contribution is -2.22. The normalized spacial score (nSPS) is 10.3. The number of carbonyl (C=O) groups excluding carboxylic acids is 1. The van der Waals surface area contributed by atoms with Gasteiger partial charge < -0.3 is 14.8 Å². The Labute approximate surface area is 160 Å². The highest BCUT2D eigenvalue weighted by atomic mass is 16.5. The Morgan fingerprint density at radius 2 is 1.81 bits per heavy atom. The zero-order valence-electron chi connectivity index (χ0n) is 16.1. The molecule has 0 aliphatic carbocycles. The van der Waals surface area contributed by atoms with Crippen LogP contribution in [0.3, 0.4) is 0 Å². The summed E-state index contributed by atoms with van der Waals surface area (Å²) in [7, 11) is 0. The second-order valence-corrected chi connectivity index (χ2v) is 6.61. The largest absolute Gasteiger partial charge is 0.490 e. The topological polar surface area (TPSA) is 71.3 Å². The van der Waals surface area contributed by atoms with Crippen LogP contribution in [0, 0.1) is 18.3 Å². The lowest BCUT2D eigenvalue weighted by atomic mass is 10.0. The number of amides is 1. The number of ether oxygens (including phenoxy) is 2. The van der Waals surface area contributed by atoms with Crippen molar-refractivity contribution in [3.8, 4) is 17.6 Å². The van der Waals surface area contributed by atoms with Crippen molar-refractivity contribution in [2.24, 2.45) is 0 Å². The molecule has 0 heterocycles. The molecule has 0 aliphatic rings. The minimum atomic E-state index is -0.295. The number of carbonyl (C=O) groups is 1. The summed E-state index contributed by atoms with van der Waals surface area (Å²) in [6, 6.07) is 15.6. The van der Waals surface area contributed by atoms with Crippen LogP contribution in [0.5, 0.6) is 11.5 Å². The maximum Gasteiger partial charge on any atom is 0.234 e. The number of nitriles is 1. The zero-order chi connectivity index (χ0) is 19.6. The van der Waals surface area contributed by atoms with Gasteiger partial charge in [0, 0.05) is 12.1 Å². The molecule has 0 bridgehead atoms. The van der Waals surface area contributed by atoms with E-state index in [2.05, 4.69) is 31.3 Å². The van der Waals surface area contributed by atoms with E-state index in [1.807, 2.05) is 43.3 Å². The number of rotatable bonds is 9. The van der Waals surface area contributed by atoms with Crippen molar-refractivity contribution in [2.45, 2.75) is 39.7 Å². The van der Waals surface area contributed by atoms with Crippen molar-refractivity contribution >= 4 is 5.91 Å². The minimum absolute atomic E-state index is 0.147. The second-order valence-electron chi connectivity index (χ2n) is 6.61. The van der Waals surface area contributed by atoms with E-state index in [1.165, 1.54) is 5.56 Å². The van der Waals surface area contributed by atoms with E-state index < -0.39 is 0 Å². The third-order valence-electron chi connectivity index (χ3n) is 4.08. The van der Waals surface area contributed by atoms with E-state index in [1.54, 1.807) is 0 Å². The fourth-order valence-corrected chi connectivity index (χ4v) is 2.67. The fraction of sp³-hybridized carbons (Fsp3) is 0.364. The van der Waals surface area contributed by atoms with Crippen LogP contribution in [-0.2, 0) is 11.3 Å². The van der Waals surface area contributed by atoms with Crippen molar-refractivity contribution in [1.82, 2.24) is 5.32 Å². The van der Waals surface area contributed by atoms with Gasteiger partial charge >= 0.3 is 0 Å². The van der Waals surface area contributed by atoms with E-state index >= 15 is 0 Å². The molecule has 27 heavy (non-hydrogen) atoms. The maximum absolute atomic E-state index is 11.5. The van der Waals surface area contributed by atoms with Crippen LogP contribution in [-0.4, -0.2) is 19.1 Å². The summed E-state index contributed by atoms with van der Waals surface area (Å²) in [5.74, 6) is 1.69. The van der Waals surface area contributed by atoms with Gasteiger partial charge in [0.1, 0.15) is 31.1 Å². The fourth-order valence-electron chi connectivity index (χ4n) is 2.67. The van der Waals surface area contributed by atoms with Crippen LogP contribution in [0.4, 0.5) is 0 Å². The molecule has 0 aliphatic heterocycles. The first-order valence-electron chi connectivity index (χ1n) is 9.09. The SMILES string of the molecule is Cc1ccc(C(C)C)c(OCCOc2ccccc2CNC(=O)CC#N)c1. The maximum atomic E-state index is 11.5. The van der Waals surface area contributed by atoms with E-state index in [4.69, 9.17) is 14.7 Å². The highest BCUT2D eigenvalue weighted by Crippen LogP contribution is 2.27. The lowest BCUT2D eigenvalue weighted by Gasteiger charge is -2.16. The molecule has 0 fully saturated rings. The number of para-hydroxylation sites is 1. The molecular weight excluding hydrogens is 340 g/mol. The van der Waals surface area contributed by atoms with Gasteiger partial charge in [0.05, 0.1) is 6.07 Å². The predicted molar refractivity (Wildman–Crippen MR) is 105 cm³/mol. The molecule has 2 aromatic carbocycles. The Hall–Kier alpha value is -3.00. The van der Waals surface area contributed by atoms with Crippen LogP contribution in [0.15, 0.2) is 42.5 Å². The van der Waals surface area contributed by atoms with Crippen molar-refractivity contribution < 1.29 is 14.3 Å². The number of hydrogen-bond acceptors (Lipinski definition) is 4. The number of nitrogens with zero attached hydrogens (tertiary/aromatic N) is 1. The van der Waals surface area contributed by atoms with Gasteiger partial charge in [-0.2, -0.15) is 5.26 Å². The van der Waals surface area contributed by atoms with Gasteiger partial charge in [-0.1, -0.05) is 44.2 Å². The summed E-state index contributed by atoms with van der Waals surface area (Å²) < 4.78 is 11.8. The van der Waals surface area contributed by atoms with E-state index in [-0.39, 0.29) is 12.3 Å². The molecule has 5 heteroatoms. The lowest BCUT2D eigenvalue weighted by molar-refractivity contribution is -0.120. The Morgan fingerprint density at radius 3 is 2.52 bits per heavy atom. The van der Waals surface area contributed by atoms with Gasteiger partial charge in [-0.15, -0.1) is 0 Å². The first-order valence-corrected chi connectivity index (χ1v) is 9.09. The Morgan fingerprint density at radius 1 is 1.11 bits per heavy atom. The van der Waals surface area contributed by atoms with Crippen molar-refractivity contribution in [1.29, 1.82) is 5.26 Å². The van der Waals surface area contributed by atoms with Crippen molar-refractivity contribution in [3.05, 3.63) is 59.2 Å². The zero-order valence-corrected chi connectivity index (χ0v) is 16.1. The van der Waals surface area contributed by atoms with E-state index in [0.29, 0.717) is 31.4 Å². The average molecular weight is 366 g/mol. The monoisotopic (exact) mass is 366 g/mol. The Kier molecular flexibility index (Phi) is 7.69. The molecule has 0 radical (unpaired) electrons. The summed E-state index contributed by atoms with van der Waals surface area (Å²) in [4.78, 5) is 11.5. The van der Waals surface area contributed by atoms with Crippen LogP contribution >= 0.6 is 0 Å². The second kappa shape index (κ2) is 10.2. The Balaban J connectivity index is 1.90. The molecule has 0 unspecified atom stereocenters. The molecule has 5 nitrogen and oxygen atoms in total. The van der Waals surface area contributed by atoms with Crippen molar-refractivity contribution in [2.75, 3.05) is 13.2 Å². The highest BCUT2D eigenvalue weighted by Gasteiger charge is 2.09. The van der Waals surface area contributed by atoms with Crippen LogP contribution in [0.25, 0.3) is 0 Å². The summed E-state index contributed by atoms with van der Waals surface area (Å²) in [6.07, 6.45) is -0.147. The molecular formula is C22H26N2O3. The summed E-state index contributed by atoms with van der Waals surface area (Å²) in [6.45, 7) is 7.49. The molecule has 0 aromatic heterocycles. The van der Waals surface area contributed by atoms with Gasteiger partial charge in [-0.05, 0) is 36.1 Å². The quantitative estimate of drug-likeness (QED) is 0.678. The summed E-state index contributed by atoms with van der Waals surface area (Å²) in [5.41, 5.74) is 3.21. The van der Waals surface area contributed by atoms with E-state index in [9.17, 15) is 4.79 Å². The number of aryl methyl sites for hydroxylation is 1. The van der Waals surface area contributed by atoms with Gasteiger partial charge in [0.15, 0.2) is 0 Å². The predicted octanol–water partition coefficient (Wildman–Crippen LogP) is 4.11. The highest BCUT2D eigenvalue weighted by molar-refractivity contribution is 5.78. The minimum Gasteiger partial charge on any atom is -0.490 e. The smallest absolute Gasteiger partial charge is 0.234 e. The number of hydrogen-bond donors (Lipinski definition) is 1. The molecule has 0 atom stereocenters. The molecule has 0 saturated carbocycles. The molecule has 0 saturated heterocycles. The average Bonchev–Trinajstić information content (AvgIpc) is 2.64. The molecule has 2 rings (SSSR count). The van der Waals surface area contributed by atoms with Crippen molar-refractivity contribution in [3.63, 3.8) is 0 Å². The van der Waals surface area contributed by atoms with Crippen LogP contribution in [0.1, 0.15) is 42.9 Å². The molecule has 2 aromatic rings. The van der Waals surface area contributed by atoms with Crippen LogP contribution < -0.4 is 14.8 Å². The first kappa shape index (κ1) is 20.3. The molecule has 0 spiro atoms. The third kappa shape index (κ3) is 6.34. The van der Waals surface area contributed by atoms with Gasteiger partial charge in [0.25, 0.3) is 0 Å². The molecule has 1 N–H and O–H groups in total. The Bertz CT molecular complexity index is 809. The first-order chi connectivity index (χ1) is 13.0. The van der Waals surface area contributed by atoms with Crippen LogP contribution in [0.2, 0.25) is 0 Å². The molecule has 142 valence electrons. The number of nitrogens with one attached hydrogen (secondary N) is 1. The van der Waals surface area contributed by atoms with Gasteiger partial charge in [-0.25, -0.2) is 0 Å². The standard InChI is InChI=1S/C22H26N2O3/c1-16(2)19-9-8-17(3)14-21(19)27-13-12-26-20-7-5-4-6-18(20)15-24-22(25)10-11-23/h4-9,14,16H,10,12-13,15H2,1-3H3,(H,24,25). The van der Waals surface area contributed by atoms with Gasteiger partial charge in [0.2, 0.25) is 5.91 Å². The van der Waals surface area contributed by atoms with E-state index in [0.717, 1.165) is 16.9 Å². The third-order valence-corrected chi connectivity index (χ3v) is 4.08. The summed E-state index contributed by atoms with van der Waals surface area (Å²) in [5, 5.41) is 11.3. The summed E-state index contributed by atoms with van der Waals surface area (Å²) >= 11 is 0. The molecule has 1 amide bonds. The number of benzene rings is 2. The van der Waals surface area contributed by atoms with Gasteiger partial charge in [-0.3, -0.25) is 4.79 Å².